The maximum atomic E-state index is 11.7. The molecule has 0 atom stereocenters. The lowest BCUT2D eigenvalue weighted by atomic mass is 9.88. The first-order valence-corrected chi connectivity index (χ1v) is 6.19. The van der Waals surface area contributed by atoms with E-state index in [-0.39, 0.29) is 11.5 Å². The molecule has 1 rings (SSSR count). The second kappa shape index (κ2) is 5.33. The summed E-state index contributed by atoms with van der Waals surface area (Å²) in [5.41, 5.74) is 5.33. The van der Waals surface area contributed by atoms with Crippen LogP contribution < -0.4 is 11.1 Å². The standard InChI is InChI=1S/C12H25N3O2/c1-11(2,3)10(16)17-15-7-5-12(9-13,14-4)6-8-15/h14H,5-9,13H2,1-4H3. The van der Waals surface area contributed by atoms with Gasteiger partial charge in [-0.25, -0.2) is 4.79 Å². The van der Waals surface area contributed by atoms with E-state index in [1.807, 2.05) is 27.8 Å². The lowest BCUT2D eigenvalue weighted by molar-refractivity contribution is -0.207. The van der Waals surface area contributed by atoms with Crippen molar-refractivity contribution in [3.63, 3.8) is 0 Å². The van der Waals surface area contributed by atoms with Gasteiger partial charge in [0.1, 0.15) is 0 Å². The minimum absolute atomic E-state index is 0.00460. The predicted octanol–water partition coefficient (Wildman–Crippen LogP) is 0.503. The van der Waals surface area contributed by atoms with Gasteiger partial charge in [-0.2, -0.15) is 0 Å². The van der Waals surface area contributed by atoms with E-state index in [1.54, 1.807) is 5.06 Å². The number of piperidine rings is 1. The van der Waals surface area contributed by atoms with Crippen molar-refractivity contribution in [2.45, 2.75) is 39.2 Å². The van der Waals surface area contributed by atoms with E-state index >= 15 is 0 Å². The van der Waals surface area contributed by atoms with Gasteiger partial charge in [0.15, 0.2) is 0 Å². The molecule has 100 valence electrons. The van der Waals surface area contributed by atoms with E-state index in [9.17, 15) is 4.79 Å². The van der Waals surface area contributed by atoms with Gasteiger partial charge in [0.25, 0.3) is 0 Å². The Hall–Kier alpha value is -0.650. The second-order valence-electron chi connectivity index (χ2n) is 5.79. The van der Waals surface area contributed by atoms with Crippen LogP contribution >= 0.6 is 0 Å². The summed E-state index contributed by atoms with van der Waals surface area (Å²) in [6, 6.07) is 0. The Balaban J connectivity index is 2.45. The number of nitrogens with one attached hydrogen (secondary N) is 1. The highest BCUT2D eigenvalue weighted by Gasteiger charge is 2.34. The maximum Gasteiger partial charge on any atom is 0.330 e. The highest BCUT2D eigenvalue weighted by atomic mass is 16.7. The molecular weight excluding hydrogens is 218 g/mol. The van der Waals surface area contributed by atoms with Gasteiger partial charge < -0.3 is 15.9 Å². The normalized spacial score (nSPS) is 21.2. The Kier molecular flexibility index (Phi) is 4.52. The molecule has 0 aromatic carbocycles. The number of nitrogens with two attached hydrogens (primary N) is 1. The van der Waals surface area contributed by atoms with Gasteiger partial charge in [0.2, 0.25) is 0 Å². The third-order valence-corrected chi connectivity index (χ3v) is 3.42. The number of hydrogen-bond acceptors (Lipinski definition) is 5. The monoisotopic (exact) mass is 243 g/mol. The number of rotatable bonds is 3. The number of nitrogens with zero attached hydrogens (tertiary/aromatic N) is 1. The molecule has 5 nitrogen and oxygen atoms in total. The molecule has 1 saturated heterocycles. The first kappa shape index (κ1) is 14.4. The Bertz CT molecular complexity index is 259. The van der Waals surface area contributed by atoms with E-state index in [0.29, 0.717) is 6.54 Å². The van der Waals surface area contributed by atoms with Gasteiger partial charge in [-0.05, 0) is 40.7 Å². The summed E-state index contributed by atoms with van der Waals surface area (Å²) in [5, 5.41) is 5.03. The SMILES string of the molecule is CNC1(CN)CCN(OC(=O)C(C)(C)C)CC1. The van der Waals surface area contributed by atoms with Crippen LogP contribution in [0.25, 0.3) is 0 Å². The molecule has 1 fully saturated rings. The van der Waals surface area contributed by atoms with Crippen molar-refractivity contribution in [3.05, 3.63) is 0 Å². The first-order valence-electron chi connectivity index (χ1n) is 6.19. The zero-order valence-electron chi connectivity index (χ0n) is 11.4. The molecule has 0 spiro atoms. The van der Waals surface area contributed by atoms with Crippen LogP contribution in [-0.2, 0) is 9.63 Å². The van der Waals surface area contributed by atoms with Crippen LogP contribution in [0.4, 0.5) is 0 Å². The minimum atomic E-state index is -0.453. The molecule has 17 heavy (non-hydrogen) atoms. The number of hydroxylamine groups is 2. The van der Waals surface area contributed by atoms with E-state index in [0.717, 1.165) is 25.9 Å². The smallest absolute Gasteiger partial charge is 0.330 e. The highest BCUT2D eigenvalue weighted by molar-refractivity contribution is 5.75. The largest absolute Gasteiger partial charge is 0.367 e. The first-order chi connectivity index (χ1) is 7.83. The number of carbonyl (C=O) groups excluding carboxylic acids is 1. The van der Waals surface area contributed by atoms with Gasteiger partial charge in [-0.3, -0.25) is 0 Å². The van der Waals surface area contributed by atoms with Crippen LogP contribution in [0.1, 0.15) is 33.6 Å². The molecule has 1 aliphatic rings. The second-order valence-corrected chi connectivity index (χ2v) is 5.79. The van der Waals surface area contributed by atoms with Gasteiger partial charge in [-0.15, -0.1) is 5.06 Å². The zero-order chi connectivity index (χ0) is 13.1. The molecule has 0 saturated carbocycles. The maximum absolute atomic E-state index is 11.7. The molecule has 0 aromatic rings. The van der Waals surface area contributed by atoms with E-state index in [1.165, 1.54) is 0 Å². The van der Waals surface area contributed by atoms with Crippen LogP contribution in [0.2, 0.25) is 0 Å². The van der Waals surface area contributed by atoms with Crippen LogP contribution in [0.5, 0.6) is 0 Å². The molecule has 0 unspecified atom stereocenters. The molecule has 0 amide bonds. The molecule has 1 aliphatic heterocycles. The molecule has 0 aromatic heterocycles. The molecule has 5 heteroatoms. The molecule has 1 heterocycles. The predicted molar refractivity (Wildman–Crippen MR) is 67.2 cm³/mol. The Morgan fingerprint density at radius 2 is 1.94 bits per heavy atom. The summed E-state index contributed by atoms with van der Waals surface area (Å²) in [7, 11) is 1.93. The molecule has 0 radical (unpaired) electrons. The van der Waals surface area contributed by atoms with Crippen LogP contribution in [-0.4, -0.2) is 43.3 Å². The van der Waals surface area contributed by atoms with Gasteiger partial charge in [0, 0.05) is 25.2 Å². The van der Waals surface area contributed by atoms with Crippen molar-refractivity contribution in [1.29, 1.82) is 0 Å². The third-order valence-electron chi connectivity index (χ3n) is 3.42. The van der Waals surface area contributed by atoms with E-state index in [4.69, 9.17) is 10.6 Å². The van der Waals surface area contributed by atoms with Crippen molar-refractivity contribution in [2.75, 3.05) is 26.7 Å². The van der Waals surface area contributed by atoms with Crippen LogP contribution in [0.15, 0.2) is 0 Å². The Morgan fingerprint density at radius 3 is 2.29 bits per heavy atom. The summed E-state index contributed by atoms with van der Waals surface area (Å²) >= 11 is 0. The number of likely N-dealkylation sites (N-methyl/N-ethyl adjacent to an activating group) is 1. The van der Waals surface area contributed by atoms with Crippen LogP contribution in [0, 0.1) is 5.41 Å². The summed E-state index contributed by atoms with van der Waals surface area (Å²) in [5.74, 6) is -0.179. The van der Waals surface area contributed by atoms with Crippen LogP contribution in [0.3, 0.4) is 0 Å². The quantitative estimate of drug-likeness (QED) is 0.755. The van der Waals surface area contributed by atoms with E-state index < -0.39 is 5.41 Å². The van der Waals surface area contributed by atoms with Gasteiger partial charge in [0.05, 0.1) is 5.41 Å². The van der Waals surface area contributed by atoms with Gasteiger partial charge in [-0.1, -0.05) is 0 Å². The molecular formula is C12H25N3O2. The van der Waals surface area contributed by atoms with Crippen molar-refractivity contribution in [2.24, 2.45) is 11.1 Å². The average molecular weight is 243 g/mol. The van der Waals surface area contributed by atoms with Crippen molar-refractivity contribution < 1.29 is 9.63 Å². The average Bonchev–Trinajstić information content (AvgIpc) is 2.29. The summed E-state index contributed by atoms with van der Waals surface area (Å²) in [6.45, 7) is 7.66. The lowest BCUT2D eigenvalue weighted by Crippen LogP contribution is -2.56. The minimum Gasteiger partial charge on any atom is -0.367 e. The number of hydrogen-bond donors (Lipinski definition) is 2. The third kappa shape index (κ3) is 3.66. The fraction of sp³-hybridized carbons (Fsp3) is 0.917. The summed E-state index contributed by atoms with van der Waals surface area (Å²) < 4.78 is 0. The van der Waals surface area contributed by atoms with Crippen molar-refractivity contribution >= 4 is 5.97 Å². The van der Waals surface area contributed by atoms with Crippen molar-refractivity contribution in [3.8, 4) is 0 Å². The summed E-state index contributed by atoms with van der Waals surface area (Å²) in [4.78, 5) is 17.1. The number of carbonyl (C=O) groups is 1. The Labute approximate surface area is 104 Å². The van der Waals surface area contributed by atoms with Crippen molar-refractivity contribution in [1.82, 2.24) is 10.4 Å². The fourth-order valence-electron chi connectivity index (χ4n) is 1.82. The van der Waals surface area contributed by atoms with E-state index in [2.05, 4.69) is 5.32 Å². The zero-order valence-corrected chi connectivity index (χ0v) is 11.4. The van der Waals surface area contributed by atoms with Gasteiger partial charge >= 0.3 is 5.97 Å². The molecule has 0 aliphatic carbocycles. The lowest BCUT2D eigenvalue weighted by Gasteiger charge is -2.40. The fourth-order valence-corrected chi connectivity index (χ4v) is 1.82. The Morgan fingerprint density at radius 1 is 1.41 bits per heavy atom. The topological polar surface area (TPSA) is 67.6 Å². The summed E-state index contributed by atoms with van der Waals surface area (Å²) in [6.07, 6.45) is 1.80. The molecule has 0 bridgehead atoms. The highest BCUT2D eigenvalue weighted by Crippen LogP contribution is 2.23. The molecule has 3 N–H and O–H groups in total.